The largest absolute Gasteiger partial charge is 0.319 e. The molecule has 0 fully saturated rings. The molecule has 0 bridgehead atoms. The summed E-state index contributed by atoms with van der Waals surface area (Å²) in [6.45, 7) is 4.03. The summed E-state index contributed by atoms with van der Waals surface area (Å²) in [5.41, 5.74) is 1.00. The summed E-state index contributed by atoms with van der Waals surface area (Å²) in [5, 5.41) is 3.30. The standard InChI is InChI=1S/C16H15N3O2S2/c1-9-4-5-12(22-9)14-10(2)23-16(17-14)18-15(21)11-6-7-19(3)13(20)8-11/h4-8H,1-3H3,(H,17,18,21). The first-order valence-electron chi connectivity index (χ1n) is 6.96. The number of carbonyl (C=O) groups excluding carboxylic acids is 1. The van der Waals surface area contributed by atoms with E-state index in [1.807, 2.05) is 13.0 Å². The third-order valence-electron chi connectivity index (χ3n) is 3.36. The first kappa shape index (κ1) is 15.6. The van der Waals surface area contributed by atoms with Crippen molar-refractivity contribution in [3.63, 3.8) is 0 Å². The van der Waals surface area contributed by atoms with Crippen LogP contribution in [0, 0.1) is 13.8 Å². The molecule has 3 aromatic heterocycles. The Kier molecular flexibility index (Phi) is 4.14. The molecule has 0 saturated carbocycles. The smallest absolute Gasteiger partial charge is 0.257 e. The van der Waals surface area contributed by atoms with Gasteiger partial charge in [0.1, 0.15) is 0 Å². The highest BCUT2D eigenvalue weighted by atomic mass is 32.1. The summed E-state index contributed by atoms with van der Waals surface area (Å²) in [7, 11) is 1.64. The summed E-state index contributed by atoms with van der Waals surface area (Å²) >= 11 is 3.10. The van der Waals surface area contributed by atoms with Crippen molar-refractivity contribution in [2.75, 3.05) is 5.32 Å². The SMILES string of the molecule is Cc1ccc(-c2nc(NC(=O)c3ccn(C)c(=O)c3)sc2C)s1. The molecular weight excluding hydrogens is 330 g/mol. The second kappa shape index (κ2) is 6.10. The minimum atomic E-state index is -0.328. The molecule has 5 nitrogen and oxygen atoms in total. The lowest BCUT2D eigenvalue weighted by atomic mass is 10.2. The number of pyridine rings is 1. The van der Waals surface area contributed by atoms with E-state index in [1.54, 1.807) is 30.6 Å². The average molecular weight is 345 g/mol. The van der Waals surface area contributed by atoms with Gasteiger partial charge in [-0.15, -0.1) is 22.7 Å². The van der Waals surface area contributed by atoms with E-state index >= 15 is 0 Å². The van der Waals surface area contributed by atoms with E-state index in [0.717, 1.165) is 15.4 Å². The Morgan fingerprint density at radius 1 is 1.22 bits per heavy atom. The number of thiazole rings is 1. The van der Waals surface area contributed by atoms with Gasteiger partial charge in [-0.3, -0.25) is 14.9 Å². The van der Waals surface area contributed by atoms with Crippen LogP contribution in [0.2, 0.25) is 0 Å². The maximum atomic E-state index is 12.2. The molecule has 0 aliphatic carbocycles. The topological polar surface area (TPSA) is 64.0 Å². The van der Waals surface area contributed by atoms with Crippen LogP contribution in [0.3, 0.4) is 0 Å². The molecule has 1 N–H and O–H groups in total. The Morgan fingerprint density at radius 3 is 2.65 bits per heavy atom. The van der Waals surface area contributed by atoms with Crippen molar-refractivity contribution in [1.82, 2.24) is 9.55 Å². The van der Waals surface area contributed by atoms with Crippen molar-refractivity contribution in [2.45, 2.75) is 13.8 Å². The number of hydrogen-bond donors (Lipinski definition) is 1. The first-order chi connectivity index (χ1) is 10.9. The highest BCUT2D eigenvalue weighted by Crippen LogP contribution is 2.34. The zero-order chi connectivity index (χ0) is 16.6. The fourth-order valence-electron chi connectivity index (χ4n) is 2.10. The Balaban J connectivity index is 1.84. The fourth-order valence-corrected chi connectivity index (χ4v) is 3.90. The van der Waals surface area contributed by atoms with Crippen LogP contribution in [0.25, 0.3) is 10.6 Å². The van der Waals surface area contributed by atoms with Gasteiger partial charge in [0, 0.05) is 34.6 Å². The third kappa shape index (κ3) is 3.25. The van der Waals surface area contributed by atoms with Crippen molar-refractivity contribution in [3.05, 3.63) is 56.1 Å². The van der Waals surface area contributed by atoms with Gasteiger partial charge >= 0.3 is 0 Å². The molecule has 0 spiro atoms. The number of carbonyl (C=O) groups is 1. The second-order valence-electron chi connectivity index (χ2n) is 5.15. The molecule has 23 heavy (non-hydrogen) atoms. The van der Waals surface area contributed by atoms with Crippen LogP contribution in [-0.2, 0) is 7.05 Å². The zero-order valence-corrected chi connectivity index (χ0v) is 14.5. The highest BCUT2D eigenvalue weighted by molar-refractivity contribution is 7.18. The summed E-state index contributed by atoms with van der Waals surface area (Å²) < 4.78 is 1.42. The van der Waals surface area contributed by atoms with Crippen LogP contribution in [0.5, 0.6) is 0 Å². The molecule has 0 aromatic carbocycles. The number of aryl methyl sites for hydroxylation is 3. The van der Waals surface area contributed by atoms with Crippen molar-refractivity contribution in [2.24, 2.45) is 7.05 Å². The molecule has 0 unspecified atom stereocenters. The molecule has 3 rings (SSSR count). The van der Waals surface area contributed by atoms with E-state index in [9.17, 15) is 9.59 Å². The van der Waals surface area contributed by atoms with Gasteiger partial charge in [0.15, 0.2) is 5.13 Å². The Labute approximate surface area is 141 Å². The second-order valence-corrected chi connectivity index (χ2v) is 7.64. The van der Waals surface area contributed by atoms with Gasteiger partial charge in [-0.05, 0) is 32.0 Å². The summed E-state index contributed by atoms with van der Waals surface area (Å²) in [6, 6.07) is 7.02. The van der Waals surface area contributed by atoms with Crippen LogP contribution >= 0.6 is 22.7 Å². The molecule has 3 aromatic rings. The fraction of sp³-hybridized carbons (Fsp3) is 0.188. The van der Waals surface area contributed by atoms with Gasteiger partial charge in [0.25, 0.3) is 11.5 Å². The molecule has 0 radical (unpaired) electrons. The van der Waals surface area contributed by atoms with Crippen molar-refractivity contribution in [3.8, 4) is 10.6 Å². The van der Waals surface area contributed by atoms with Gasteiger partial charge in [0.05, 0.1) is 10.6 Å². The average Bonchev–Trinajstić information content (AvgIpc) is 3.07. The van der Waals surface area contributed by atoms with Crippen molar-refractivity contribution < 1.29 is 4.79 Å². The maximum Gasteiger partial charge on any atom is 0.257 e. The molecule has 7 heteroatoms. The zero-order valence-electron chi connectivity index (χ0n) is 12.9. The number of amides is 1. The van der Waals surface area contributed by atoms with E-state index in [1.165, 1.54) is 26.8 Å². The van der Waals surface area contributed by atoms with E-state index in [2.05, 4.69) is 23.3 Å². The summed E-state index contributed by atoms with van der Waals surface area (Å²) in [5.74, 6) is -0.328. The number of anilines is 1. The lowest BCUT2D eigenvalue weighted by Crippen LogP contribution is -2.19. The Hall–Kier alpha value is -2.25. The van der Waals surface area contributed by atoms with Gasteiger partial charge < -0.3 is 4.57 Å². The normalized spacial score (nSPS) is 10.7. The molecule has 3 heterocycles. The van der Waals surface area contributed by atoms with E-state index < -0.39 is 0 Å². The molecule has 0 atom stereocenters. The van der Waals surface area contributed by atoms with E-state index in [4.69, 9.17) is 0 Å². The lowest BCUT2D eigenvalue weighted by molar-refractivity contribution is 0.102. The number of aromatic nitrogens is 2. The lowest BCUT2D eigenvalue weighted by Gasteiger charge is -2.02. The maximum absolute atomic E-state index is 12.2. The number of hydrogen-bond acceptors (Lipinski definition) is 5. The van der Waals surface area contributed by atoms with E-state index in [0.29, 0.717) is 10.7 Å². The molecule has 0 aliphatic heterocycles. The molecular formula is C16H15N3O2S2. The van der Waals surface area contributed by atoms with Crippen LogP contribution in [-0.4, -0.2) is 15.5 Å². The number of nitrogens with one attached hydrogen (secondary N) is 1. The quantitative estimate of drug-likeness (QED) is 0.791. The minimum Gasteiger partial charge on any atom is -0.319 e. The monoisotopic (exact) mass is 345 g/mol. The third-order valence-corrected chi connectivity index (χ3v) is 5.25. The van der Waals surface area contributed by atoms with Crippen molar-refractivity contribution in [1.29, 1.82) is 0 Å². The molecule has 0 aliphatic rings. The van der Waals surface area contributed by atoms with Gasteiger partial charge in [-0.25, -0.2) is 4.98 Å². The van der Waals surface area contributed by atoms with Gasteiger partial charge in [-0.1, -0.05) is 0 Å². The first-order valence-corrected chi connectivity index (χ1v) is 8.59. The van der Waals surface area contributed by atoms with Gasteiger partial charge in [-0.2, -0.15) is 0 Å². The highest BCUT2D eigenvalue weighted by Gasteiger charge is 2.14. The number of rotatable bonds is 3. The predicted octanol–water partition coefficient (Wildman–Crippen LogP) is 3.44. The Morgan fingerprint density at radius 2 is 2.00 bits per heavy atom. The summed E-state index contributed by atoms with van der Waals surface area (Å²) in [6.07, 6.45) is 1.57. The van der Waals surface area contributed by atoms with Crippen LogP contribution < -0.4 is 10.9 Å². The van der Waals surface area contributed by atoms with Crippen LogP contribution in [0.4, 0.5) is 5.13 Å². The summed E-state index contributed by atoms with van der Waals surface area (Å²) in [4.78, 5) is 31.7. The number of nitrogens with zero attached hydrogens (tertiary/aromatic N) is 2. The van der Waals surface area contributed by atoms with Gasteiger partial charge in [0.2, 0.25) is 0 Å². The van der Waals surface area contributed by atoms with Crippen LogP contribution in [0.1, 0.15) is 20.1 Å². The van der Waals surface area contributed by atoms with E-state index in [-0.39, 0.29) is 11.5 Å². The predicted molar refractivity (Wildman–Crippen MR) is 94.5 cm³/mol. The van der Waals surface area contributed by atoms with Crippen molar-refractivity contribution >= 4 is 33.7 Å². The Bertz CT molecular complexity index is 937. The molecule has 118 valence electrons. The minimum absolute atomic E-state index is 0.220. The van der Waals surface area contributed by atoms with Crippen LogP contribution in [0.15, 0.2) is 35.3 Å². The molecule has 0 saturated heterocycles. The number of thiophene rings is 1. The molecule has 1 amide bonds.